The zero-order valence-electron chi connectivity index (χ0n) is 13.3. The van der Waals surface area contributed by atoms with Crippen molar-refractivity contribution in [2.24, 2.45) is 7.05 Å². The number of aromatic nitrogens is 2. The molecule has 4 heteroatoms. The molecule has 0 aliphatic carbocycles. The van der Waals surface area contributed by atoms with Crippen LogP contribution in [0.25, 0.3) is 0 Å². The van der Waals surface area contributed by atoms with Gasteiger partial charge in [-0.2, -0.15) is 0 Å². The summed E-state index contributed by atoms with van der Waals surface area (Å²) in [4.78, 5) is 6.70. The topological polar surface area (TPSA) is 33.1 Å². The quantitative estimate of drug-likeness (QED) is 0.757. The van der Waals surface area contributed by atoms with E-state index in [4.69, 9.17) is 0 Å². The van der Waals surface area contributed by atoms with Crippen LogP contribution in [0.15, 0.2) is 36.7 Å². The summed E-state index contributed by atoms with van der Waals surface area (Å²) in [6.45, 7) is 6.01. The minimum absolute atomic E-state index is 0.861. The third-order valence-electron chi connectivity index (χ3n) is 3.63. The van der Waals surface area contributed by atoms with Gasteiger partial charge in [-0.15, -0.1) is 0 Å². The third-order valence-corrected chi connectivity index (χ3v) is 3.63. The summed E-state index contributed by atoms with van der Waals surface area (Å²) in [5, 5.41) is 3.48. The largest absolute Gasteiger partial charge is 0.337 e. The second-order valence-electron chi connectivity index (χ2n) is 5.57. The minimum Gasteiger partial charge on any atom is -0.337 e. The van der Waals surface area contributed by atoms with E-state index >= 15 is 0 Å². The van der Waals surface area contributed by atoms with Crippen molar-refractivity contribution in [1.29, 1.82) is 0 Å². The highest BCUT2D eigenvalue weighted by atomic mass is 15.1. The normalized spacial score (nSPS) is 11.2. The predicted octanol–water partition coefficient (Wildman–Crippen LogP) is 2.55. The Morgan fingerprint density at radius 3 is 2.62 bits per heavy atom. The van der Waals surface area contributed by atoms with Crippen molar-refractivity contribution in [3.05, 3.63) is 53.6 Å². The maximum Gasteiger partial charge on any atom is 0.122 e. The molecule has 1 aromatic carbocycles. The Bertz CT molecular complexity index is 547. The molecule has 0 bridgehead atoms. The lowest BCUT2D eigenvalue weighted by molar-refractivity contribution is 0.306. The van der Waals surface area contributed by atoms with Crippen LogP contribution in [0.5, 0.6) is 0 Å². The summed E-state index contributed by atoms with van der Waals surface area (Å²) in [5.41, 5.74) is 2.77. The van der Waals surface area contributed by atoms with Gasteiger partial charge in [-0.3, -0.25) is 4.90 Å². The van der Waals surface area contributed by atoms with Crippen LogP contribution in [0.1, 0.15) is 30.3 Å². The maximum atomic E-state index is 4.39. The van der Waals surface area contributed by atoms with Crippen LogP contribution in [0.3, 0.4) is 0 Å². The van der Waals surface area contributed by atoms with Crippen LogP contribution in [-0.2, 0) is 26.7 Å². The number of imidazole rings is 1. The van der Waals surface area contributed by atoms with E-state index in [1.54, 1.807) is 0 Å². The molecule has 4 nitrogen and oxygen atoms in total. The van der Waals surface area contributed by atoms with Crippen molar-refractivity contribution in [3.8, 4) is 0 Å². The minimum atomic E-state index is 0.861. The van der Waals surface area contributed by atoms with E-state index in [1.165, 1.54) is 17.5 Å². The van der Waals surface area contributed by atoms with Crippen LogP contribution < -0.4 is 5.32 Å². The first-order valence-electron chi connectivity index (χ1n) is 7.63. The summed E-state index contributed by atoms with van der Waals surface area (Å²) in [6.07, 6.45) is 5.01. The van der Waals surface area contributed by atoms with E-state index in [0.717, 1.165) is 32.0 Å². The fourth-order valence-corrected chi connectivity index (χ4v) is 2.42. The van der Waals surface area contributed by atoms with E-state index in [2.05, 4.69) is 58.0 Å². The molecule has 0 aliphatic rings. The fourth-order valence-electron chi connectivity index (χ4n) is 2.42. The first-order valence-corrected chi connectivity index (χ1v) is 7.63. The molecule has 0 amide bonds. The summed E-state index contributed by atoms with van der Waals surface area (Å²) in [6, 6.07) is 8.67. The standard InChI is InChI=1S/C17H26N4/c1-4-9-18-12-15-7-5-6-8-16(15)13-20(2)14-17-19-10-11-21(17)3/h5-8,10-11,18H,4,9,12-14H2,1-3H3. The van der Waals surface area contributed by atoms with E-state index in [1.807, 2.05) is 19.4 Å². The number of hydrogen-bond acceptors (Lipinski definition) is 3. The number of nitrogens with one attached hydrogen (secondary N) is 1. The smallest absolute Gasteiger partial charge is 0.122 e. The summed E-state index contributed by atoms with van der Waals surface area (Å²) in [7, 11) is 4.18. The molecule has 0 unspecified atom stereocenters. The first-order chi connectivity index (χ1) is 10.2. The van der Waals surface area contributed by atoms with Crippen LogP contribution in [0.4, 0.5) is 0 Å². The molecule has 0 saturated heterocycles. The summed E-state index contributed by atoms with van der Waals surface area (Å²) < 4.78 is 2.07. The predicted molar refractivity (Wildman–Crippen MR) is 86.8 cm³/mol. The van der Waals surface area contributed by atoms with Crippen molar-refractivity contribution >= 4 is 0 Å². The zero-order chi connectivity index (χ0) is 15.1. The molecule has 0 radical (unpaired) electrons. The van der Waals surface area contributed by atoms with Crippen molar-refractivity contribution in [2.75, 3.05) is 13.6 Å². The molecule has 1 aromatic heterocycles. The van der Waals surface area contributed by atoms with E-state index in [0.29, 0.717) is 0 Å². The molecule has 2 aromatic rings. The van der Waals surface area contributed by atoms with Crippen molar-refractivity contribution in [3.63, 3.8) is 0 Å². The van der Waals surface area contributed by atoms with Gasteiger partial charge in [0.1, 0.15) is 5.82 Å². The Labute approximate surface area is 127 Å². The van der Waals surface area contributed by atoms with Gasteiger partial charge in [0.05, 0.1) is 6.54 Å². The maximum absolute atomic E-state index is 4.39. The lowest BCUT2D eigenvalue weighted by Gasteiger charge is -2.19. The average Bonchev–Trinajstić information content (AvgIpc) is 2.86. The van der Waals surface area contributed by atoms with Gasteiger partial charge in [0, 0.05) is 32.5 Å². The highest BCUT2D eigenvalue weighted by molar-refractivity contribution is 5.27. The van der Waals surface area contributed by atoms with Gasteiger partial charge in [0.15, 0.2) is 0 Å². The number of aryl methyl sites for hydroxylation is 1. The van der Waals surface area contributed by atoms with E-state index in [-0.39, 0.29) is 0 Å². The van der Waals surface area contributed by atoms with Gasteiger partial charge in [-0.1, -0.05) is 31.2 Å². The molecule has 0 spiro atoms. The van der Waals surface area contributed by atoms with Gasteiger partial charge in [0.2, 0.25) is 0 Å². The highest BCUT2D eigenvalue weighted by Crippen LogP contribution is 2.12. The highest BCUT2D eigenvalue weighted by Gasteiger charge is 2.08. The van der Waals surface area contributed by atoms with E-state index in [9.17, 15) is 0 Å². The summed E-state index contributed by atoms with van der Waals surface area (Å²) in [5.74, 6) is 1.10. The van der Waals surface area contributed by atoms with Crippen LogP contribution >= 0.6 is 0 Å². The summed E-state index contributed by atoms with van der Waals surface area (Å²) >= 11 is 0. The van der Waals surface area contributed by atoms with Gasteiger partial charge in [-0.05, 0) is 31.1 Å². The Morgan fingerprint density at radius 2 is 1.95 bits per heavy atom. The Hall–Kier alpha value is -1.65. The first kappa shape index (κ1) is 15.7. The molecule has 2 rings (SSSR count). The Kier molecular flexibility index (Phi) is 5.96. The molecule has 0 fully saturated rings. The fraction of sp³-hybridized carbons (Fsp3) is 0.471. The lowest BCUT2D eigenvalue weighted by atomic mass is 10.1. The second-order valence-corrected chi connectivity index (χ2v) is 5.57. The monoisotopic (exact) mass is 286 g/mol. The molecule has 1 heterocycles. The average molecular weight is 286 g/mol. The molecule has 114 valence electrons. The third kappa shape index (κ3) is 4.69. The van der Waals surface area contributed by atoms with Crippen LogP contribution in [-0.4, -0.2) is 28.0 Å². The molecular weight excluding hydrogens is 260 g/mol. The van der Waals surface area contributed by atoms with Crippen LogP contribution in [0.2, 0.25) is 0 Å². The Morgan fingerprint density at radius 1 is 1.19 bits per heavy atom. The number of nitrogens with zero attached hydrogens (tertiary/aromatic N) is 3. The number of rotatable bonds is 8. The number of hydrogen-bond donors (Lipinski definition) is 1. The Balaban J connectivity index is 1.96. The SMILES string of the molecule is CCCNCc1ccccc1CN(C)Cc1nccn1C. The molecule has 0 saturated carbocycles. The molecule has 1 N–H and O–H groups in total. The number of benzene rings is 1. The molecule has 0 aliphatic heterocycles. The van der Waals surface area contributed by atoms with Crippen molar-refractivity contribution in [2.45, 2.75) is 33.0 Å². The molecular formula is C17H26N4. The van der Waals surface area contributed by atoms with Crippen molar-refractivity contribution in [1.82, 2.24) is 19.8 Å². The molecule has 21 heavy (non-hydrogen) atoms. The van der Waals surface area contributed by atoms with Gasteiger partial charge in [0.25, 0.3) is 0 Å². The molecule has 0 atom stereocenters. The van der Waals surface area contributed by atoms with Crippen LogP contribution in [0, 0.1) is 0 Å². The van der Waals surface area contributed by atoms with E-state index < -0.39 is 0 Å². The van der Waals surface area contributed by atoms with Crippen molar-refractivity contribution < 1.29 is 0 Å². The zero-order valence-corrected chi connectivity index (χ0v) is 13.3. The van der Waals surface area contributed by atoms with Gasteiger partial charge < -0.3 is 9.88 Å². The second kappa shape index (κ2) is 7.96. The van der Waals surface area contributed by atoms with Gasteiger partial charge in [-0.25, -0.2) is 4.98 Å². The lowest BCUT2D eigenvalue weighted by Crippen LogP contribution is -2.21. The van der Waals surface area contributed by atoms with Gasteiger partial charge >= 0.3 is 0 Å².